The molecule has 0 spiro atoms. The highest BCUT2D eigenvalue weighted by Crippen LogP contribution is 2.36. The minimum Gasteiger partial charge on any atom is -0.484 e. The maximum Gasteiger partial charge on any atom is 0.417 e. The van der Waals surface area contributed by atoms with Crippen molar-refractivity contribution >= 4 is 21.8 Å². The maximum atomic E-state index is 12.5. The molecule has 0 aliphatic carbocycles. The zero-order valence-electron chi connectivity index (χ0n) is 7.84. The Kier molecular flexibility index (Phi) is 3.79. The van der Waals surface area contributed by atoms with Crippen molar-refractivity contribution in [3.8, 4) is 5.75 Å². The van der Waals surface area contributed by atoms with Gasteiger partial charge in [0.2, 0.25) is 0 Å². The quantitative estimate of drug-likeness (QED) is 0.931. The number of benzene rings is 1. The van der Waals surface area contributed by atoms with E-state index in [1.165, 1.54) is 12.1 Å². The van der Waals surface area contributed by atoms with Gasteiger partial charge in [-0.15, -0.1) is 0 Å². The minimum absolute atomic E-state index is 0.0608. The first-order valence-corrected chi connectivity index (χ1v) is 4.88. The Morgan fingerprint density at radius 2 is 2.06 bits per heavy atom. The van der Waals surface area contributed by atoms with Crippen molar-refractivity contribution in [2.75, 3.05) is 6.61 Å². The van der Waals surface area contributed by atoms with E-state index in [4.69, 9.17) is 10.5 Å². The Hall–Kier alpha value is -1.24. The number of primary amides is 1. The molecule has 1 aromatic carbocycles. The fourth-order valence-corrected chi connectivity index (χ4v) is 1.44. The predicted octanol–water partition coefficient (Wildman–Crippen LogP) is 2.33. The number of amides is 1. The SMILES string of the molecule is NC(=O)COc1ccc(Br)c(C(F)(F)F)c1. The van der Waals surface area contributed by atoms with Gasteiger partial charge >= 0.3 is 6.18 Å². The maximum absolute atomic E-state index is 12.5. The molecule has 16 heavy (non-hydrogen) atoms. The summed E-state index contributed by atoms with van der Waals surface area (Å²) in [5.41, 5.74) is 3.93. The molecule has 3 nitrogen and oxygen atoms in total. The molecular weight excluding hydrogens is 291 g/mol. The zero-order valence-corrected chi connectivity index (χ0v) is 9.43. The summed E-state index contributed by atoms with van der Waals surface area (Å²) in [7, 11) is 0. The molecule has 0 unspecified atom stereocenters. The van der Waals surface area contributed by atoms with Gasteiger partial charge in [-0.2, -0.15) is 13.2 Å². The van der Waals surface area contributed by atoms with Crippen LogP contribution in [-0.2, 0) is 11.0 Å². The average molecular weight is 298 g/mol. The first kappa shape index (κ1) is 12.8. The second-order valence-corrected chi connectivity index (χ2v) is 3.75. The van der Waals surface area contributed by atoms with Crippen LogP contribution >= 0.6 is 15.9 Å². The normalized spacial score (nSPS) is 11.2. The van der Waals surface area contributed by atoms with Gasteiger partial charge in [0.25, 0.3) is 5.91 Å². The highest BCUT2D eigenvalue weighted by atomic mass is 79.9. The van der Waals surface area contributed by atoms with Crippen LogP contribution in [0, 0.1) is 0 Å². The van der Waals surface area contributed by atoms with Crippen molar-refractivity contribution in [3.05, 3.63) is 28.2 Å². The molecule has 2 N–H and O–H groups in total. The molecule has 1 aromatic rings. The summed E-state index contributed by atoms with van der Waals surface area (Å²) in [5, 5.41) is 0. The van der Waals surface area contributed by atoms with Crippen LogP contribution in [0.15, 0.2) is 22.7 Å². The lowest BCUT2D eigenvalue weighted by Crippen LogP contribution is -2.20. The van der Waals surface area contributed by atoms with Crippen LogP contribution in [-0.4, -0.2) is 12.5 Å². The van der Waals surface area contributed by atoms with E-state index in [0.29, 0.717) is 0 Å². The average Bonchev–Trinajstić information content (AvgIpc) is 2.14. The number of hydrogen-bond donors (Lipinski definition) is 1. The molecule has 0 saturated heterocycles. The van der Waals surface area contributed by atoms with E-state index in [1.54, 1.807) is 0 Å². The lowest BCUT2D eigenvalue weighted by atomic mass is 10.2. The van der Waals surface area contributed by atoms with Crippen LogP contribution in [0.25, 0.3) is 0 Å². The molecule has 0 radical (unpaired) electrons. The van der Waals surface area contributed by atoms with E-state index < -0.39 is 24.3 Å². The van der Waals surface area contributed by atoms with Crippen LogP contribution in [0.1, 0.15) is 5.56 Å². The van der Waals surface area contributed by atoms with E-state index >= 15 is 0 Å². The Labute approximate surface area is 97.5 Å². The van der Waals surface area contributed by atoms with Gasteiger partial charge in [0.05, 0.1) is 5.56 Å². The summed E-state index contributed by atoms with van der Waals surface area (Å²) in [5.74, 6) is -0.814. The molecule has 7 heteroatoms. The Morgan fingerprint density at radius 3 is 2.56 bits per heavy atom. The van der Waals surface area contributed by atoms with Gasteiger partial charge in [-0.05, 0) is 18.2 Å². The summed E-state index contributed by atoms with van der Waals surface area (Å²) in [6.45, 7) is -0.459. The van der Waals surface area contributed by atoms with E-state index in [2.05, 4.69) is 15.9 Å². The molecule has 88 valence electrons. The molecule has 0 bridgehead atoms. The number of halogens is 4. The second kappa shape index (κ2) is 4.73. The van der Waals surface area contributed by atoms with Crippen LogP contribution in [0.2, 0.25) is 0 Å². The summed E-state index contributed by atoms with van der Waals surface area (Å²) in [6.07, 6.45) is -4.48. The lowest BCUT2D eigenvalue weighted by molar-refractivity contribution is -0.138. The van der Waals surface area contributed by atoms with Gasteiger partial charge in [0.1, 0.15) is 5.75 Å². The number of alkyl halides is 3. The first-order valence-electron chi connectivity index (χ1n) is 4.08. The minimum atomic E-state index is -4.48. The number of hydrogen-bond acceptors (Lipinski definition) is 2. The number of ether oxygens (including phenoxy) is 1. The molecule has 0 atom stereocenters. The van der Waals surface area contributed by atoms with Crippen molar-refractivity contribution in [2.45, 2.75) is 6.18 Å². The Morgan fingerprint density at radius 1 is 1.44 bits per heavy atom. The van der Waals surface area contributed by atoms with Gasteiger partial charge in [0, 0.05) is 4.47 Å². The van der Waals surface area contributed by atoms with Gasteiger partial charge in [-0.25, -0.2) is 0 Å². The fraction of sp³-hybridized carbons (Fsp3) is 0.222. The fourth-order valence-electron chi connectivity index (χ4n) is 0.966. The van der Waals surface area contributed by atoms with Crippen molar-refractivity contribution in [1.82, 2.24) is 0 Å². The number of carbonyl (C=O) groups excluding carboxylic acids is 1. The van der Waals surface area contributed by atoms with Gasteiger partial charge in [-0.3, -0.25) is 4.79 Å². The highest BCUT2D eigenvalue weighted by Gasteiger charge is 2.33. The molecule has 0 aliphatic rings. The van der Waals surface area contributed by atoms with Crippen LogP contribution < -0.4 is 10.5 Å². The third-order valence-electron chi connectivity index (χ3n) is 1.62. The summed E-state index contributed by atoms with van der Waals surface area (Å²) in [6, 6.07) is 3.30. The second-order valence-electron chi connectivity index (χ2n) is 2.89. The van der Waals surface area contributed by atoms with Crippen molar-refractivity contribution in [2.24, 2.45) is 5.73 Å². The number of carbonyl (C=O) groups is 1. The summed E-state index contributed by atoms with van der Waals surface area (Å²) < 4.78 is 42.0. The summed E-state index contributed by atoms with van der Waals surface area (Å²) >= 11 is 2.78. The van der Waals surface area contributed by atoms with Crippen molar-refractivity contribution < 1.29 is 22.7 Å². The van der Waals surface area contributed by atoms with Crippen molar-refractivity contribution in [3.63, 3.8) is 0 Å². The van der Waals surface area contributed by atoms with Crippen LogP contribution in [0.3, 0.4) is 0 Å². The first-order chi connectivity index (χ1) is 7.30. The standard InChI is InChI=1S/C9H7BrF3NO2/c10-7-2-1-5(16-4-8(14)15)3-6(7)9(11,12)13/h1-3H,4H2,(H2,14,15). The number of rotatable bonds is 3. The Bertz CT molecular complexity index is 406. The van der Waals surface area contributed by atoms with Gasteiger partial charge in [0.15, 0.2) is 6.61 Å². The van der Waals surface area contributed by atoms with Crippen molar-refractivity contribution in [1.29, 1.82) is 0 Å². The molecular formula is C9H7BrF3NO2. The van der Waals surface area contributed by atoms with E-state index in [1.807, 2.05) is 0 Å². The van der Waals surface area contributed by atoms with Gasteiger partial charge in [-0.1, -0.05) is 15.9 Å². The third-order valence-corrected chi connectivity index (χ3v) is 2.32. The number of nitrogens with two attached hydrogens (primary N) is 1. The Balaban J connectivity index is 2.94. The molecule has 0 aliphatic heterocycles. The molecule has 0 saturated carbocycles. The zero-order chi connectivity index (χ0) is 12.3. The third kappa shape index (κ3) is 3.41. The smallest absolute Gasteiger partial charge is 0.417 e. The summed E-state index contributed by atoms with van der Waals surface area (Å²) in [4.78, 5) is 10.4. The molecule has 0 heterocycles. The largest absolute Gasteiger partial charge is 0.484 e. The van der Waals surface area contributed by atoms with E-state index in [9.17, 15) is 18.0 Å². The van der Waals surface area contributed by atoms with E-state index in [0.717, 1.165) is 6.07 Å². The highest BCUT2D eigenvalue weighted by molar-refractivity contribution is 9.10. The molecule has 1 amide bonds. The lowest BCUT2D eigenvalue weighted by Gasteiger charge is -2.11. The van der Waals surface area contributed by atoms with E-state index in [-0.39, 0.29) is 10.2 Å². The molecule has 1 rings (SSSR count). The molecule has 0 fully saturated rings. The van der Waals surface area contributed by atoms with Crippen LogP contribution in [0.4, 0.5) is 13.2 Å². The monoisotopic (exact) mass is 297 g/mol. The van der Waals surface area contributed by atoms with Crippen LogP contribution in [0.5, 0.6) is 5.75 Å². The van der Waals surface area contributed by atoms with Gasteiger partial charge < -0.3 is 10.5 Å². The molecule has 0 aromatic heterocycles. The topological polar surface area (TPSA) is 52.3 Å². The predicted molar refractivity (Wildman–Crippen MR) is 53.8 cm³/mol.